The van der Waals surface area contributed by atoms with Crippen molar-refractivity contribution in [2.45, 2.75) is 0 Å². The average Bonchev–Trinajstić information content (AvgIpc) is 3.14. The van der Waals surface area contributed by atoms with Crippen LogP contribution in [0, 0.1) is 0 Å². The van der Waals surface area contributed by atoms with Crippen LogP contribution in [0.3, 0.4) is 0 Å². The first kappa shape index (κ1) is 14.1. The van der Waals surface area contributed by atoms with Crippen molar-refractivity contribution < 1.29 is 14.4 Å². The second-order valence-electron chi connectivity index (χ2n) is 5.52. The lowest BCUT2D eigenvalue weighted by Gasteiger charge is -2.06. The Morgan fingerprint density at radius 3 is 2.71 bits per heavy atom. The Kier molecular flexibility index (Phi) is 2.96. The molecule has 1 aromatic heterocycles. The highest BCUT2D eigenvalue weighted by Gasteiger charge is 2.32. The summed E-state index contributed by atoms with van der Waals surface area (Å²) in [5.74, 6) is -1.01. The van der Waals surface area contributed by atoms with E-state index in [0.717, 1.165) is 15.9 Å². The summed E-state index contributed by atoms with van der Waals surface area (Å²) < 4.78 is 0. The van der Waals surface area contributed by atoms with E-state index in [9.17, 15) is 14.4 Å². The third-order valence-electron chi connectivity index (χ3n) is 4.03. The van der Waals surface area contributed by atoms with Gasteiger partial charge in [-0.2, -0.15) is 0 Å². The molecule has 24 heavy (non-hydrogen) atoms. The van der Waals surface area contributed by atoms with Crippen LogP contribution in [0.4, 0.5) is 5.69 Å². The third kappa shape index (κ3) is 2.06. The summed E-state index contributed by atoms with van der Waals surface area (Å²) in [7, 11) is 1.43. The zero-order valence-electron chi connectivity index (χ0n) is 12.7. The lowest BCUT2D eigenvalue weighted by atomic mass is 10.1. The number of nitrogens with one attached hydrogen (secondary N) is 2. The molecule has 2 heterocycles. The number of rotatable bonds is 2. The van der Waals surface area contributed by atoms with Crippen molar-refractivity contribution in [3.8, 4) is 0 Å². The minimum atomic E-state index is -0.370. The van der Waals surface area contributed by atoms with Crippen LogP contribution in [0.1, 0.15) is 31.1 Å². The molecule has 0 atom stereocenters. The first-order valence-corrected chi connectivity index (χ1v) is 7.25. The van der Waals surface area contributed by atoms with E-state index in [1.165, 1.54) is 13.1 Å². The second-order valence-corrected chi connectivity index (χ2v) is 5.52. The molecule has 0 bridgehead atoms. The van der Waals surface area contributed by atoms with Crippen molar-refractivity contribution >= 4 is 34.4 Å². The first-order valence-electron chi connectivity index (χ1n) is 7.25. The van der Waals surface area contributed by atoms with Crippen molar-refractivity contribution in [1.29, 1.82) is 0 Å². The SMILES string of the molecule is CN1C(=O)c2ccc(NC(=O)c3ccc4nc[nH]c4c3)cc2C1=O. The van der Waals surface area contributed by atoms with Gasteiger partial charge in [-0.15, -0.1) is 0 Å². The molecular weight excluding hydrogens is 308 g/mol. The van der Waals surface area contributed by atoms with E-state index in [-0.39, 0.29) is 17.7 Å². The number of carbonyl (C=O) groups is 3. The lowest BCUT2D eigenvalue weighted by Crippen LogP contribution is -2.24. The van der Waals surface area contributed by atoms with E-state index in [1.807, 2.05) is 0 Å². The number of aromatic nitrogens is 2. The maximum absolute atomic E-state index is 12.4. The van der Waals surface area contributed by atoms with Gasteiger partial charge in [-0.1, -0.05) is 0 Å². The fourth-order valence-electron chi connectivity index (χ4n) is 2.72. The number of carbonyl (C=O) groups excluding carboxylic acids is 3. The number of imidazole rings is 1. The Morgan fingerprint density at radius 1 is 1.08 bits per heavy atom. The van der Waals surface area contributed by atoms with Gasteiger partial charge in [0.15, 0.2) is 0 Å². The number of hydrogen-bond donors (Lipinski definition) is 2. The number of hydrogen-bond acceptors (Lipinski definition) is 4. The van der Waals surface area contributed by atoms with Crippen LogP contribution in [0.2, 0.25) is 0 Å². The molecule has 2 aromatic carbocycles. The minimum Gasteiger partial charge on any atom is -0.345 e. The number of H-pyrrole nitrogens is 1. The van der Waals surface area contributed by atoms with Crippen LogP contribution >= 0.6 is 0 Å². The zero-order chi connectivity index (χ0) is 16.8. The minimum absolute atomic E-state index is 0.296. The van der Waals surface area contributed by atoms with Crippen molar-refractivity contribution in [1.82, 2.24) is 14.9 Å². The molecule has 2 N–H and O–H groups in total. The molecule has 0 aliphatic carbocycles. The molecule has 118 valence electrons. The standard InChI is InChI=1S/C17H12N4O3/c1-21-16(23)11-4-3-10(7-12(11)17(21)24)20-15(22)9-2-5-13-14(6-9)19-8-18-13/h2-8H,1H3,(H,18,19)(H,20,22). The predicted molar refractivity (Wildman–Crippen MR) is 86.9 cm³/mol. The van der Waals surface area contributed by atoms with Gasteiger partial charge in [-0.3, -0.25) is 19.3 Å². The van der Waals surface area contributed by atoms with Gasteiger partial charge in [0.1, 0.15) is 0 Å². The number of aromatic amines is 1. The molecule has 0 unspecified atom stereocenters. The number of anilines is 1. The van der Waals surface area contributed by atoms with Gasteiger partial charge < -0.3 is 10.3 Å². The van der Waals surface area contributed by atoms with Gasteiger partial charge in [0, 0.05) is 18.3 Å². The molecule has 0 saturated carbocycles. The van der Waals surface area contributed by atoms with E-state index in [1.54, 1.807) is 36.7 Å². The molecular formula is C17H12N4O3. The molecule has 7 heteroatoms. The average molecular weight is 320 g/mol. The van der Waals surface area contributed by atoms with Crippen LogP contribution in [-0.4, -0.2) is 39.6 Å². The summed E-state index contributed by atoms with van der Waals surface area (Å²) in [6.07, 6.45) is 1.56. The van der Waals surface area contributed by atoms with Gasteiger partial charge >= 0.3 is 0 Å². The summed E-state index contributed by atoms with van der Waals surface area (Å²) in [4.78, 5) is 44.4. The number of amides is 3. The summed E-state index contributed by atoms with van der Waals surface area (Å²) in [6, 6.07) is 9.80. The van der Waals surface area contributed by atoms with Crippen LogP contribution in [-0.2, 0) is 0 Å². The highest BCUT2D eigenvalue weighted by atomic mass is 16.2. The van der Waals surface area contributed by atoms with Gasteiger partial charge in [0.05, 0.1) is 28.5 Å². The Labute approximate surface area is 136 Å². The topological polar surface area (TPSA) is 95.2 Å². The van der Waals surface area contributed by atoms with Crippen molar-refractivity contribution in [2.24, 2.45) is 0 Å². The smallest absolute Gasteiger partial charge is 0.261 e. The number of fused-ring (bicyclic) bond motifs is 2. The lowest BCUT2D eigenvalue weighted by molar-refractivity contribution is 0.0692. The summed E-state index contributed by atoms with van der Waals surface area (Å²) in [6.45, 7) is 0. The fourth-order valence-corrected chi connectivity index (χ4v) is 2.72. The Balaban J connectivity index is 1.63. The quantitative estimate of drug-likeness (QED) is 0.706. The van der Waals surface area contributed by atoms with Crippen LogP contribution in [0.5, 0.6) is 0 Å². The Morgan fingerprint density at radius 2 is 1.88 bits per heavy atom. The van der Waals surface area contributed by atoms with Gasteiger partial charge in [-0.25, -0.2) is 4.98 Å². The number of benzene rings is 2. The molecule has 1 aliphatic rings. The Bertz CT molecular complexity index is 1020. The summed E-state index contributed by atoms with van der Waals surface area (Å²) in [5, 5.41) is 2.74. The van der Waals surface area contributed by atoms with Crippen molar-refractivity contribution in [3.05, 3.63) is 59.4 Å². The second kappa shape index (κ2) is 5.02. The highest BCUT2D eigenvalue weighted by Crippen LogP contribution is 2.25. The zero-order valence-corrected chi connectivity index (χ0v) is 12.7. The summed E-state index contributed by atoms with van der Waals surface area (Å²) >= 11 is 0. The first-order chi connectivity index (χ1) is 11.5. The predicted octanol–water partition coefficient (Wildman–Crippen LogP) is 2.04. The molecule has 7 nitrogen and oxygen atoms in total. The van der Waals surface area contributed by atoms with Crippen LogP contribution < -0.4 is 5.32 Å². The van der Waals surface area contributed by atoms with Gasteiger partial charge in [0.25, 0.3) is 17.7 Å². The molecule has 0 radical (unpaired) electrons. The maximum atomic E-state index is 12.4. The fraction of sp³-hybridized carbons (Fsp3) is 0.0588. The van der Waals surface area contributed by atoms with Gasteiger partial charge in [0.2, 0.25) is 0 Å². The molecule has 3 aromatic rings. The molecule has 1 aliphatic heterocycles. The van der Waals surface area contributed by atoms with Crippen LogP contribution in [0.25, 0.3) is 11.0 Å². The number of nitrogens with zero attached hydrogens (tertiary/aromatic N) is 2. The maximum Gasteiger partial charge on any atom is 0.261 e. The van der Waals surface area contributed by atoms with Crippen LogP contribution in [0.15, 0.2) is 42.7 Å². The molecule has 4 rings (SSSR count). The Hall–Kier alpha value is -3.48. The molecule has 0 saturated heterocycles. The molecule has 0 spiro atoms. The monoisotopic (exact) mass is 320 g/mol. The van der Waals surface area contributed by atoms with E-state index in [0.29, 0.717) is 22.4 Å². The third-order valence-corrected chi connectivity index (χ3v) is 4.03. The van der Waals surface area contributed by atoms with Gasteiger partial charge in [-0.05, 0) is 36.4 Å². The summed E-state index contributed by atoms with van der Waals surface area (Å²) in [5.41, 5.74) is 3.10. The highest BCUT2D eigenvalue weighted by molar-refractivity contribution is 6.21. The van der Waals surface area contributed by atoms with Crippen molar-refractivity contribution in [3.63, 3.8) is 0 Å². The van der Waals surface area contributed by atoms with E-state index >= 15 is 0 Å². The number of imide groups is 1. The van der Waals surface area contributed by atoms with E-state index < -0.39 is 0 Å². The van der Waals surface area contributed by atoms with E-state index in [2.05, 4.69) is 15.3 Å². The normalized spacial score (nSPS) is 13.5. The molecule has 3 amide bonds. The molecule has 0 fully saturated rings. The van der Waals surface area contributed by atoms with E-state index in [4.69, 9.17) is 0 Å². The largest absolute Gasteiger partial charge is 0.345 e. The van der Waals surface area contributed by atoms with Crippen molar-refractivity contribution in [2.75, 3.05) is 12.4 Å².